The molecule has 0 aromatic heterocycles. The zero-order valence-corrected chi connectivity index (χ0v) is 26.7. The van der Waals surface area contributed by atoms with Crippen LogP contribution < -0.4 is 0 Å². The summed E-state index contributed by atoms with van der Waals surface area (Å²) < 4.78 is 14.0. The maximum Gasteiger partial charge on any atom is 0.200 e. The van der Waals surface area contributed by atoms with Crippen LogP contribution in [0, 0.1) is 5.41 Å². The lowest BCUT2D eigenvalue weighted by molar-refractivity contribution is -0.117. The van der Waals surface area contributed by atoms with Gasteiger partial charge < -0.3 is 13.6 Å². The Morgan fingerprint density at radius 1 is 0.657 bits per heavy atom. The van der Waals surface area contributed by atoms with Crippen LogP contribution >= 0.6 is 0 Å². The van der Waals surface area contributed by atoms with Crippen LogP contribution in [0.1, 0.15) is 88.6 Å². The van der Waals surface area contributed by atoms with Crippen molar-refractivity contribution < 1.29 is 13.6 Å². The first-order chi connectivity index (χ1) is 16.2. The van der Waals surface area contributed by atoms with Crippen LogP contribution in [-0.4, -0.2) is 36.1 Å². The quantitative estimate of drug-likeness (QED) is 0.171. The predicted molar refractivity (Wildman–Crippen MR) is 158 cm³/mol. The Kier molecular flexibility index (Phi) is 12.4. The molecule has 1 aromatic carbocycles. The zero-order valence-electron chi connectivity index (χ0n) is 24.7. The Hall–Kier alpha value is -1.02. The van der Waals surface area contributed by atoms with E-state index in [1.165, 1.54) is 0 Å². The lowest BCUT2D eigenvalue weighted by Crippen LogP contribution is -2.53. The highest BCUT2D eigenvalue weighted by Gasteiger charge is 2.49. The molecule has 0 amide bonds. The fraction of sp³-hybridized carbons (Fsp3) is 0.700. The second kappa shape index (κ2) is 13.5. The molecule has 1 aromatic rings. The monoisotopic (exact) mass is 518 g/mol. The van der Waals surface area contributed by atoms with Crippen LogP contribution in [-0.2, 0) is 13.6 Å². The first-order valence-electron chi connectivity index (χ1n) is 13.7. The Morgan fingerprint density at radius 3 is 1.29 bits per heavy atom. The van der Waals surface area contributed by atoms with Gasteiger partial charge in [-0.05, 0) is 38.8 Å². The van der Waals surface area contributed by atoms with Gasteiger partial charge in [-0.2, -0.15) is 0 Å². The fourth-order valence-corrected chi connectivity index (χ4v) is 17.6. The number of aldehydes is 1. The van der Waals surface area contributed by atoms with Gasteiger partial charge in [-0.25, -0.2) is 0 Å². The molecule has 0 bridgehead atoms. The Labute approximate surface area is 219 Å². The van der Waals surface area contributed by atoms with E-state index in [4.69, 9.17) is 8.85 Å². The summed E-state index contributed by atoms with van der Waals surface area (Å²) in [5.74, 6) is 0. The van der Waals surface area contributed by atoms with Crippen LogP contribution in [0.2, 0.25) is 33.2 Å². The van der Waals surface area contributed by atoms with E-state index in [9.17, 15) is 4.79 Å². The summed E-state index contributed by atoms with van der Waals surface area (Å²) in [7, 11) is -4.28. The summed E-state index contributed by atoms with van der Waals surface area (Å²) in [5.41, 5.74) is 3.02. The third kappa shape index (κ3) is 7.27. The maximum absolute atomic E-state index is 12.9. The largest absolute Gasteiger partial charge is 0.415 e. The van der Waals surface area contributed by atoms with Gasteiger partial charge in [-0.15, -0.1) is 0 Å². The van der Waals surface area contributed by atoms with E-state index in [-0.39, 0.29) is 0 Å². The number of carbonyl (C=O) groups is 1. The van der Waals surface area contributed by atoms with Gasteiger partial charge in [0.15, 0.2) is 16.6 Å². The van der Waals surface area contributed by atoms with Gasteiger partial charge in [0, 0.05) is 0 Å². The van der Waals surface area contributed by atoms with Crippen LogP contribution in [0.15, 0.2) is 36.4 Å². The summed E-state index contributed by atoms with van der Waals surface area (Å²) in [6.45, 7) is 28.2. The molecule has 0 saturated heterocycles. The van der Waals surface area contributed by atoms with E-state index >= 15 is 0 Å². The Balaban J connectivity index is 3.49. The molecule has 0 fully saturated rings. The highest BCUT2D eigenvalue weighted by Crippen LogP contribution is 2.45. The summed E-state index contributed by atoms with van der Waals surface area (Å²) in [6, 6.07) is 10.2. The summed E-state index contributed by atoms with van der Waals surface area (Å²) in [6.07, 6.45) is 5.20. The SMILES string of the molecule is CC(C)[Si](OCC(C=O)(/C=C/c1ccccc1)CO[Si](C(C)C)(C(C)C)C(C)C)(C(C)C)C(C)C. The molecule has 3 nitrogen and oxygen atoms in total. The molecule has 0 heterocycles. The number of hydrogen-bond donors (Lipinski definition) is 0. The summed E-state index contributed by atoms with van der Waals surface area (Å²) in [4.78, 5) is 12.9. The second-order valence-electron chi connectivity index (χ2n) is 12.3. The predicted octanol–water partition coefficient (Wildman–Crippen LogP) is 9.27. The first-order valence-corrected chi connectivity index (χ1v) is 18.0. The van der Waals surface area contributed by atoms with Crippen molar-refractivity contribution in [3.63, 3.8) is 0 Å². The van der Waals surface area contributed by atoms with Gasteiger partial charge >= 0.3 is 0 Å². The molecule has 35 heavy (non-hydrogen) atoms. The van der Waals surface area contributed by atoms with Crippen LogP contribution in [0.5, 0.6) is 0 Å². The van der Waals surface area contributed by atoms with Gasteiger partial charge in [0.05, 0.1) is 18.6 Å². The van der Waals surface area contributed by atoms with E-state index in [0.717, 1.165) is 11.8 Å². The smallest absolute Gasteiger partial charge is 0.200 e. The van der Waals surface area contributed by atoms with Crippen LogP contribution in [0.3, 0.4) is 0 Å². The molecule has 0 aliphatic carbocycles. The highest BCUT2D eigenvalue weighted by molar-refractivity contribution is 6.78. The average Bonchev–Trinajstić information content (AvgIpc) is 2.77. The number of rotatable bonds is 15. The van der Waals surface area contributed by atoms with E-state index in [1.54, 1.807) is 0 Å². The van der Waals surface area contributed by atoms with Crippen molar-refractivity contribution in [3.05, 3.63) is 42.0 Å². The molecular weight excluding hydrogens is 464 g/mol. The summed E-state index contributed by atoms with van der Waals surface area (Å²) in [5, 5.41) is 0. The van der Waals surface area contributed by atoms with Crippen molar-refractivity contribution in [2.45, 2.75) is 116 Å². The molecule has 0 aliphatic rings. The van der Waals surface area contributed by atoms with Crippen molar-refractivity contribution >= 4 is 29.0 Å². The van der Waals surface area contributed by atoms with Crippen LogP contribution in [0.25, 0.3) is 6.08 Å². The van der Waals surface area contributed by atoms with Crippen molar-refractivity contribution in [2.75, 3.05) is 13.2 Å². The van der Waals surface area contributed by atoms with Gasteiger partial charge in [0.25, 0.3) is 0 Å². The minimum Gasteiger partial charge on any atom is -0.415 e. The zero-order chi connectivity index (χ0) is 27.0. The minimum atomic E-state index is -2.14. The molecule has 0 N–H and O–H groups in total. The molecule has 1 rings (SSSR count). The molecule has 200 valence electrons. The van der Waals surface area contributed by atoms with E-state index in [1.807, 2.05) is 18.2 Å². The van der Waals surface area contributed by atoms with E-state index in [0.29, 0.717) is 46.5 Å². The van der Waals surface area contributed by atoms with Crippen molar-refractivity contribution in [1.29, 1.82) is 0 Å². The number of benzene rings is 1. The van der Waals surface area contributed by atoms with Crippen molar-refractivity contribution in [1.82, 2.24) is 0 Å². The average molecular weight is 519 g/mol. The van der Waals surface area contributed by atoms with Crippen molar-refractivity contribution in [2.24, 2.45) is 5.41 Å². The molecule has 5 heteroatoms. The maximum atomic E-state index is 12.9. The highest BCUT2D eigenvalue weighted by atomic mass is 28.4. The molecule has 0 aliphatic heterocycles. The van der Waals surface area contributed by atoms with Gasteiger partial charge in [-0.3, -0.25) is 0 Å². The van der Waals surface area contributed by atoms with E-state index in [2.05, 4.69) is 107 Å². The Bertz CT molecular complexity index is 703. The topological polar surface area (TPSA) is 35.5 Å². The fourth-order valence-electron chi connectivity index (χ4n) is 6.59. The molecule has 0 radical (unpaired) electrons. The second-order valence-corrected chi connectivity index (χ2v) is 23.2. The molecular formula is C30H54O3Si2. The van der Waals surface area contributed by atoms with Crippen molar-refractivity contribution in [3.8, 4) is 0 Å². The first kappa shape index (κ1) is 32.0. The third-order valence-corrected chi connectivity index (χ3v) is 20.4. The van der Waals surface area contributed by atoms with Gasteiger partial charge in [0.1, 0.15) is 6.29 Å². The Morgan fingerprint density at radius 2 is 1.00 bits per heavy atom. The van der Waals surface area contributed by atoms with Gasteiger partial charge in [0.2, 0.25) is 0 Å². The van der Waals surface area contributed by atoms with E-state index < -0.39 is 22.0 Å². The van der Waals surface area contributed by atoms with Gasteiger partial charge in [-0.1, -0.05) is 126 Å². The molecule has 0 atom stereocenters. The standard InChI is InChI=1S/C30H54O3Si2/c1-23(2)34(24(3)4,25(5)6)32-21-30(20-31,19-18-29-16-14-13-15-17-29)22-33-35(26(7)8,27(9)10)28(11)12/h13-20,23-28H,21-22H2,1-12H3/b19-18+. The number of carbonyl (C=O) groups excluding carboxylic acids is 1. The lowest BCUT2D eigenvalue weighted by atomic mass is 9.91. The van der Waals surface area contributed by atoms with Crippen LogP contribution in [0.4, 0.5) is 0 Å². The molecule has 0 spiro atoms. The molecule has 0 unspecified atom stereocenters. The third-order valence-electron chi connectivity index (χ3n) is 8.24. The molecule has 0 saturated carbocycles. The lowest BCUT2D eigenvalue weighted by Gasteiger charge is -2.46. The summed E-state index contributed by atoms with van der Waals surface area (Å²) >= 11 is 0. The normalized spacial score (nSPS) is 14.0. The minimum absolute atomic E-state index is 0.374. The number of hydrogen-bond acceptors (Lipinski definition) is 3.